The minimum atomic E-state index is -0.803. The van der Waals surface area contributed by atoms with Crippen LogP contribution in [0.3, 0.4) is 0 Å². The predicted octanol–water partition coefficient (Wildman–Crippen LogP) is 3.70. The number of nitrogens with one attached hydrogen (secondary N) is 2. The van der Waals surface area contributed by atoms with E-state index in [0.717, 1.165) is 38.5 Å². The maximum Gasteiger partial charge on any atom is 0.246 e. The van der Waals surface area contributed by atoms with E-state index in [1.807, 2.05) is 13.8 Å². The molecule has 0 spiro atoms. The van der Waals surface area contributed by atoms with E-state index in [2.05, 4.69) is 15.8 Å². The molecule has 0 saturated heterocycles. The first-order chi connectivity index (χ1) is 14.8. The SMILES string of the molecule is Cc1cc(NC(=O)CCC(=O)N(C(C)C)C2(C(=O)NC3CCCCC3)CCCC2)no1. The topological polar surface area (TPSA) is 105 Å². The van der Waals surface area contributed by atoms with Crippen molar-refractivity contribution >= 4 is 23.5 Å². The molecule has 2 fully saturated rings. The maximum atomic E-state index is 13.5. The van der Waals surface area contributed by atoms with E-state index in [0.29, 0.717) is 24.4 Å². The third-order valence-corrected chi connectivity index (χ3v) is 6.50. The Bertz CT molecular complexity index is 776. The van der Waals surface area contributed by atoms with Gasteiger partial charge in [-0.25, -0.2) is 0 Å². The second-order valence-electron chi connectivity index (χ2n) is 9.28. The van der Waals surface area contributed by atoms with Crippen LogP contribution in [0.15, 0.2) is 10.6 Å². The molecule has 2 saturated carbocycles. The van der Waals surface area contributed by atoms with Gasteiger partial charge in [-0.3, -0.25) is 14.4 Å². The zero-order valence-electron chi connectivity index (χ0n) is 19.0. The fourth-order valence-electron chi connectivity index (χ4n) is 5.10. The van der Waals surface area contributed by atoms with Gasteiger partial charge in [0.25, 0.3) is 0 Å². The molecule has 2 aliphatic carbocycles. The first kappa shape index (κ1) is 23.3. The summed E-state index contributed by atoms with van der Waals surface area (Å²) in [5, 5.41) is 9.65. The lowest BCUT2D eigenvalue weighted by atomic mass is 9.89. The Kier molecular flexibility index (Phi) is 7.73. The van der Waals surface area contributed by atoms with Crippen molar-refractivity contribution in [1.82, 2.24) is 15.4 Å². The minimum Gasteiger partial charge on any atom is -0.360 e. The summed E-state index contributed by atoms with van der Waals surface area (Å²) >= 11 is 0. The molecule has 1 aromatic heterocycles. The van der Waals surface area contributed by atoms with E-state index in [1.165, 1.54) is 6.42 Å². The van der Waals surface area contributed by atoms with E-state index in [4.69, 9.17) is 4.52 Å². The number of rotatable bonds is 8. The normalized spacial score (nSPS) is 18.7. The molecule has 0 aromatic carbocycles. The molecular weight excluding hydrogens is 396 g/mol. The lowest BCUT2D eigenvalue weighted by Gasteiger charge is -2.43. The van der Waals surface area contributed by atoms with Gasteiger partial charge in [0.05, 0.1) is 0 Å². The number of hydrogen-bond acceptors (Lipinski definition) is 5. The number of anilines is 1. The summed E-state index contributed by atoms with van der Waals surface area (Å²) in [6.07, 6.45) is 8.85. The summed E-state index contributed by atoms with van der Waals surface area (Å²) in [6, 6.07) is 1.71. The molecule has 1 aromatic rings. The number of aryl methyl sites for hydroxylation is 1. The summed E-state index contributed by atoms with van der Waals surface area (Å²) < 4.78 is 4.95. The fraction of sp³-hybridized carbons (Fsp3) is 0.739. The van der Waals surface area contributed by atoms with Crippen LogP contribution in [0.5, 0.6) is 0 Å². The largest absolute Gasteiger partial charge is 0.360 e. The van der Waals surface area contributed by atoms with Gasteiger partial charge < -0.3 is 20.1 Å². The van der Waals surface area contributed by atoms with Gasteiger partial charge in [-0.2, -0.15) is 0 Å². The van der Waals surface area contributed by atoms with E-state index >= 15 is 0 Å². The quantitative estimate of drug-likeness (QED) is 0.652. The Labute approximate surface area is 184 Å². The molecule has 2 N–H and O–H groups in total. The summed E-state index contributed by atoms with van der Waals surface area (Å²) in [7, 11) is 0. The van der Waals surface area contributed by atoms with Gasteiger partial charge in [-0.05, 0) is 46.5 Å². The number of aromatic nitrogens is 1. The minimum absolute atomic E-state index is 0.0125. The van der Waals surface area contributed by atoms with Crippen LogP contribution in [0, 0.1) is 6.92 Å². The zero-order valence-corrected chi connectivity index (χ0v) is 19.0. The highest BCUT2D eigenvalue weighted by Crippen LogP contribution is 2.38. The van der Waals surface area contributed by atoms with Crippen molar-refractivity contribution in [3.63, 3.8) is 0 Å². The van der Waals surface area contributed by atoms with Crippen LogP contribution < -0.4 is 10.6 Å². The molecule has 0 aliphatic heterocycles. The monoisotopic (exact) mass is 432 g/mol. The van der Waals surface area contributed by atoms with Gasteiger partial charge in [0, 0.05) is 31.0 Å². The molecule has 0 unspecified atom stereocenters. The van der Waals surface area contributed by atoms with E-state index < -0.39 is 5.54 Å². The van der Waals surface area contributed by atoms with E-state index in [1.54, 1.807) is 17.9 Å². The van der Waals surface area contributed by atoms with Crippen LogP contribution in [-0.2, 0) is 14.4 Å². The van der Waals surface area contributed by atoms with Crippen LogP contribution >= 0.6 is 0 Å². The number of hydrogen-bond donors (Lipinski definition) is 2. The maximum absolute atomic E-state index is 13.5. The van der Waals surface area contributed by atoms with E-state index in [9.17, 15) is 14.4 Å². The average Bonchev–Trinajstić information content (AvgIpc) is 3.37. The summed E-state index contributed by atoms with van der Waals surface area (Å²) in [4.78, 5) is 40.8. The van der Waals surface area contributed by atoms with Gasteiger partial charge in [-0.1, -0.05) is 37.3 Å². The molecule has 3 rings (SSSR count). The van der Waals surface area contributed by atoms with Crippen molar-refractivity contribution in [3.05, 3.63) is 11.8 Å². The van der Waals surface area contributed by atoms with Crippen molar-refractivity contribution in [3.8, 4) is 0 Å². The third-order valence-electron chi connectivity index (χ3n) is 6.50. The predicted molar refractivity (Wildman–Crippen MR) is 117 cm³/mol. The smallest absolute Gasteiger partial charge is 0.246 e. The Balaban J connectivity index is 1.66. The number of nitrogens with zero attached hydrogens (tertiary/aromatic N) is 2. The molecule has 0 radical (unpaired) electrons. The standard InChI is InChI=1S/C23H36N4O4/c1-16(2)27(21(29)12-11-20(28)25-19-15-17(3)31-26-19)23(13-7-8-14-23)22(30)24-18-9-5-4-6-10-18/h15-16,18H,4-14H2,1-3H3,(H,24,30)(H,25,26,28). The van der Waals surface area contributed by atoms with Crippen molar-refractivity contribution < 1.29 is 18.9 Å². The van der Waals surface area contributed by atoms with Gasteiger partial charge in [0.2, 0.25) is 17.7 Å². The van der Waals surface area contributed by atoms with Gasteiger partial charge in [-0.15, -0.1) is 0 Å². The Morgan fingerprint density at radius 3 is 2.39 bits per heavy atom. The molecule has 8 heteroatoms. The van der Waals surface area contributed by atoms with Crippen molar-refractivity contribution in [2.45, 2.75) is 109 Å². The molecule has 2 aliphatic rings. The average molecular weight is 433 g/mol. The highest BCUT2D eigenvalue weighted by molar-refractivity contribution is 5.95. The number of amides is 3. The third kappa shape index (κ3) is 5.66. The van der Waals surface area contributed by atoms with Crippen molar-refractivity contribution in [2.75, 3.05) is 5.32 Å². The summed E-state index contributed by atoms with van der Waals surface area (Å²) in [6.45, 7) is 5.64. The first-order valence-electron chi connectivity index (χ1n) is 11.7. The van der Waals surface area contributed by atoms with Crippen molar-refractivity contribution in [2.24, 2.45) is 0 Å². The lowest BCUT2D eigenvalue weighted by molar-refractivity contribution is -0.151. The molecule has 31 heavy (non-hydrogen) atoms. The molecule has 172 valence electrons. The van der Waals surface area contributed by atoms with Gasteiger partial charge in [0.1, 0.15) is 11.3 Å². The summed E-state index contributed by atoms with van der Waals surface area (Å²) in [5.41, 5.74) is -0.803. The molecule has 0 bridgehead atoms. The zero-order chi connectivity index (χ0) is 22.4. The van der Waals surface area contributed by atoms with Crippen LogP contribution in [-0.4, -0.2) is 45.4 Å². The lowest BCUT2D eigenvalue weighted by Crippen LogP contribution is -2.62. The van der Waals surface area contributed by atoms with E-state index in [-0.39, 0.29) is 42.6 Å². The second kappa shape index (κ2) is 10.3. The van der Waals surface area contributed by atoms with Gasteiger partial charge >= 0.3 is 0 Å². The van der Waals surface area contributed by atoms with Crippen LogP contribution in [0.4, 0.5) is 5.82 Å². The molecule has 3 amide bonds. The first-order valence-corrected chi connectivity index (χ1v) is 11.7. The summed E-state index contributed by atoms with van der Waals surface area (Å²) in [5.74, 6) is 0.487. The Morgan fingerprint density at radius 1 is 1.13 bits per heavy atom. The molecule has 8 nitrogen and oxygen atoms in total. The highest BCUT2D eigenvalue weighted by Gasteiger charge is 2.49. The molecular formula is C23H36N4O4. The Hall–Kier alpha value is -2.38. The van der Waals surface area contributed by atoms with Crippen LogP contribution in [0.25, 0.3) is 0 Å². The molecule has 1 heterocycles. The van der Waals surface area contributed by atoms with Gasteiger partial charge in [0.15, 0.2) is 5.82 Å². The number of carbonyl (C=O) groups excluding carboxylic acids is 3. The van der Waals surface area contributed by atoms with Crippen LogP contribution in [0.1, 0.15) is 90.2 Å². The fourth-order valence-corrected chi connectivity index (χ4v) is 5.10. The highest BCUT2D eigenvalue weighted by atomic mass is 16.5. The Morgan fingerprint density at radius 2 is 1.81 bits per heavy atom. The number of carbonyl (C=O) groups is 3. The molecule has 0 atom stereocenters. The second-order valence-corrected chi connectivity index (χ2v) is 9.28. The van der Waals surface area contributed by atoms with Crippen LogP contribution in [0.2, 0.25) is 0 Å². The van der Waals surface area contributed by atoms with Crippen molar-refractivity contribution in [1.29, 1.82) is 0 Å².